The summed E-state index contributed by atoms with van der Waals surface area (Å²) < 4.78 is 4.93. The molecule has 0 atom stereocenters. The molecule has 1 N–H and O–H groups in total. The molecule has 1 amide bonds. The van der Waals surface area contributed by atoms with Gasteiger partial charge in [-0.3, -0.25) is 4.79 Å². The van der Waals surface area contributed by atoms with Crippen LogP contribution in [0.5, 0.6) is 0 Å². The van der Waals surface area contributed by atoms with Crippen molar-refractivity contribution in [2.45, 2.75) is 44.6 Å². The zero-order chi connectivity index (χ0) is 12.5. The second-order valence-electron chi connectivity index (χ2n) is 4.82. The Hall–Kier alpha value is -0.610. The Bertz CT molecular complexity index is 213. The van der Waals surface area contributed by atoms with Gasteiger partial charge in [0.25, 0.3) is 0 Å². The van der Waals surface area contributed by atoms with E-state index in [0.717, 1.165) is 6.54 Å². The predicted octanol–water partition coefficient (Wildman–Crippen LogP) is 1.40. The van der Waals surface area contributed by atoms with Gasteiger partial charge >= 0.3 is 0 Å². The van der Waals surface area contributed by atoms with Crippen LogP contribution in [-0.4, -0.2) is 50.7 Å². The Morgan fingerprint density at radius 2 is 1.94 bits per heavy atom. The van der Waals surface area contributed by atoms with Gasteiger partial charge in [0.1, 0.15) is 0 Å². The van der Waals surface area contributed by atoms with E-state index < -0.39 is 0 Å². The molecule has 0 aromatic carbocycles. The van der Waals surface area contributed by atoms with Gasteiger partial charge in [-0.2, -0.15) is 0 Å². The topological polar surface area (TPSA) is 41.6 Å². The van der Waals surface area contributed by atoms with Crippen molar-refractivity contribution in [3.63, 3.8) is 0 Å². The van der Waals surface area contributed by atoms with Gasteiger partial charge in [0.2, 0.25) is 5.91 Å². The van der Waals surface area contributed by atoms with E-state index in [2.05, 4.69) is 5.32 Å². The Morgan fingerprint density at radius 1 is 1.29 bits per heavy atom. The van der Waals surface area contributed by atoms with E-state index in [-0.39, 0.29) is 5.91 Å². The summed E-state index contributed by atoms with van der Waals surface area (Å²) in [5, 5.41) is 3.11. The Labute approximate surface area is 105 Å². The van der Waals surface area contributed by atoms with Crippen LogP contribution in [-0.2, 0) is 9.53 Å². The van der Waals surface area contributed by atoms with E-state index >= 15 is 0 Å². The number of ether oxygens (including phenoxy) is 1. The van der Waals surface area contributed by atoms with Crippen molar-refractivity contribution in [1.82, 2.24) is 10.2 Å². The molecule has 0 spiro atoms. The van der Waals surface area contributed by atoms with Gasteiger partial charge in [-0.25, -0.2) is 0 Å². The second-order valence-corrected chi connectivity index (χ2v) is 4.82. The summed E-state index contributed by atoms with van der Waals surface area (Å²) in [6.45, 7) is 1.82. The van der Waals surface area contributed by atoms with Crippen LogP contribution in [0.4, 0.5) is 0 Å². The molecule has 17 heavy (non-hydrogen) atoms. The first-order valence-electron chi connectivity index (χ1n) is 6.71. The third kappa shape index (κ3) is 5.50. The highest BCUT2D eigenvalue weighted by Gasteiger charge is 2.20. The summed E-state index contributed by atoms with van der Waals surface area (Å²) in [5.41, 5.74) is 0. The Balaban J connectivity index is 2.24. The van der Waals surface area contributed by atoms with Gasteiger partial charge in [0.05, 0.1) is 13.2 Å². The van der Waals surface area contributed by atoms with Crippen LogP contribution < -0.4 is 5.32 Å². The fraction of sp³-hybridized carbons (Fsp3) is 0.923. The minimum Gasteiger partial charge on any atom is -0.383 e. The van der Waals surface area contributed by atoms with E-state index in [1.807, 2.05) is 11.9 Å². The van der Waals surface area contributed by atoms with Crippen molar-refractivity contribution in [2.75, 3.05) is 33.9 Å². The summed E-state index contributed by atoms with van der Waals surface area (Å²) in [6, 6.07) is 0.453. The fourth-order valence-electron chi connectivity index (χ4n) is 2.34. The number of hydrogen-bond acceptors (Lipinski definition) is 3. The van der Waals surface area contributed by atoms with Crippen molar-refractivity contribution in [3.8, 4) is 0 Å². The van der Waals surface area contributed by atoms with Gasteiger partial charge in [0.15, 0.2) is 0 Å². The lowest BCUT2D eigenvalue weighted by atomic mass is 10.1. The van der Waals surface area contributed by atoms with Crippen LogP contribution in [0.2, 0.25) is 0 Å². The summed E-state index contributed by atoms with van der Waals surface area (Å²) in [5.74, 6) is 0.202. The molecule has 1 rings (SSSR count). The van der Waals surface area contributed by atoms with Gasteiger partial charge in [-0.1, -0.05) is 25.7 Å². The molecule has 1 fully saturated rings. The number of hydrogen-bond donors (Lipinski definition) is 1. The highest BCUT2D eigenvalue weighted by Crippen LogP contribution is 2.20. The molecule has 0 saturated heterocycles. The summed E-state index contributed by atoms with van der Waals surface area (Å²) >= 11 is 0. The Morgan fingerprint density at radius 3 is 2.53 bits per heavy atom. The van der Waals surface area contributed by atoms with Crippen molar-refractivity contribution in [3.05, 3.63) is 0 Å². The average molecular weight is 242 g/mol. The smallest absolute Gasteiger partial charge is 0.236 e. The van der Waals surface area contributed by atoms with Crippen molar-refractivity contribution < 1.29 is 9.53 Å². The molecular formula is C13H26N2O2. The molecule has 0 aromatic rings. The van der Waals surface area contributed by atoms with E-state index in [4.69, 9.17) is 4.74 Å². The first-order valence-corrected chi connectivity index (χ1v) is 6.71. The van der Waals surface area contributed by atoms with Crippen LogP contribution in [0, 0.1) is 0 Å². The molecule has 1 saturated carbocycles. The number of methoxy groups -OCH3 is 1. The largest absolute Gasteiger partial charge is 0.383 e. The number of nitrogens with one attached hydrogen (secondary N) is 1. The molecule has 0 aromatic heterocycles. The number of rotatable bonds is 6. The van der Waals surface area contributed by atoms with Crippen molar-refractivity contribution in [2.24, 2.45) is 0 Å². The van der Waals surface area contributed by atoms with E-state index in [0.29, 0.717) is 19.2 Å². The first kappa shape index (κ1) is 14.5. The lowest BCUT2D eigenvalue weighted by Crippen LogP contribution is -2.42. The van der Waals surface area contributed by atoms with E-state index in [9.17, 15) is 4.79 Å². The monoisotopic (exact) mass is 242 g/mol. The van der Waals surface area contributed by atoms with Crippen molar-refractivity contribution in [1.29, 1.82) is 0 Å². The molecule has 0 unspecified atom stereocenters. The summed E-state index contributed by atoms with van der Waals surface area (Å²) in [7, 11) is 3.61. The molecule has 0 heterocycles. The zero-order valence-electron chi connectivity index (χ0n) is 11.2. The molecule has 1 aliphatic carbocycles. The third-order valence-electron chi connectivity index (χ3n) is 3.52. The predicted molar refractivity (Wildman–Crippen MR) is 69.0 cm³/mol. The summed E-state index contributed by atoms with van der Waals surface area (Å²) in [4.78, 5) is 13.9. The zero-order valence-corrected chi connectivity index (χ0v) is 11.2. The van der Waals surface area contributed by atoms with Crippen LogP contribution in [0.3, 0.4) is 0 Å². The molecule has 4 nitrogen and oxygen atoms in total. The third-order valence-corrected chi connectivity index (χ3v) is 3.52. The maximum Gasteiger partial charge on any atom is 0.236 e. The highest BCUT2D eigenvalue weighted by atomic mass is 16.5. The van der Waals surface area contributed by atoms with Crippen LogP contribution in [0.25, 0.3) is 0 Å². The van der Waals surface area contributed by atoms with E-state index in [1.165, 1.54) is 38.5 Å². The molecule has 0 bridgehead atoms. The maximum atomic E-state index is 11.9. The van der Waals surface area contributed by atoms with Gasteiger partial charge < -0.3 is 15.0 Å². The fourth-order valence-corrected chi connectivity index (χ4v) is 2.34. The normalized spacial score (nSPS) is 17.8. The van der Waals surface area contributed by atoms with Crippen LogP contribution >= 0.6 is 0 Å². The quantitative estimate of drug-likeness (QED) is 0.565. The Kier molecular flexibility index (Phi) is 7.21. The van der Waals surface area contributed by atoms with E-state index in [1.54, 1.807) is 7.11 Å². The van der Waals surface area contributed by atoms with Crippen LogP contribution in [0.1, 0.15) is 38.5 Å². The number of carbonyl (C=O) groups excluding carboxylic acids is 1. The first-order chi connectivity index (χ1) is 8.25. The summed E-state index contributed by atoms with van der Waals surface area (Å²) in [6.07, 6.45) is 7.51. The molecule has 4 heteroatoms. The molecule has 0 radical (unpaired) electrons. The van der Waals surface area contributed by atoms with Crippen LogP contribution in [0.15, 0.2) is 0 Å². The lowest BCUT2D eigenvalue weighted by Gasteiger charge is -2.27. The van der Waals surface area contributed by atoms with Gasteiger partial charge in [0, 0.05) is 26.7 Å². The average Bonchev–Trinajstić information content (AvgIpc) is 2.62. The minimum atomic E-state index is 0.202. The van der Waals surface area contributed by atoms with Gasteiger partial charge in [-0.05, 0) is 12.8 Å². The number of likely N-dealkylation sites (N-methyl/N-ethyl adjacent to an activating group) is 1. The minimum absolute atomic E-state index is 0.202. The molecule has 1 aliphatic rings. The SMILES string of the molecule is COCCNCC(=O)N(C)C1CCCCCC1. The number of amides is 1. The lowest BCUT2D eigenvalue weighted by molar-refractivity contribution is -0.131. The standard InChI is InChI=1S/C13H26N2O2/c1-15(12-7-5-3-4-6-8-12)13(16)11-14-9-10-17-2/h12,14H,3-11H2,1-2H3. The maximum absolute atomic E-state index is 11.9. The van der Waals surface area contributed by atoms with Crippen molar-refractivity contribution >= 4 is 5.91 Å². The number of nitrogens with zero attached hydrogens (tertiary/aromatic N) is 1. The highest BCUT2D eigenvalue weighted by molar-refractivity contribution is 5.78. The molecule has 100 valence electrons. The van der Waals surface area contributed by atoms with Gasteiger partial charge in [-0.15, -0.1) is 0 Å². The number of carbonyl (C=O) groups is 1. The molecular weight excluding hydrogens is 216 g/mol. The molecule has 0 aliphatic heterocycles. The second kappa shape index (κ2) is 8.48.